The first-order valence-electron chi connectivity index (χ1n) is 9.32. The Morgan fingerprint density at radius 3 is 1.97 bits per heavy atom. The van der Waals surface area contributed by atoms with Crippen molar-refractivity contribution in [3.05, 3.63) is 90.5 Å². The molecule has 29 heavy (non-hydrogen) atoms. The van der Waals surface area contributed by atoms with Crippen LogP contribution in [0, 0.1) is 11.3 Å². The van der Waals surface area contributed by atoms with Crippen LogP contribution in [0.5, 0.6) is 0 Å². The van der Waals surface area contributed by atoms with E-state index in [-0.39, 0.29) is 17.4 Å². The van der Waals surface area contributed by atoms with E-state index in [1.165, 1.54) is 0 Å². The van der Waals surface area contributed by atoms with Crippen molar-refractivity contribution in [1.82, 2.24) is 4.31 Å². The van der Waals surface area contributed by atoms with Crippen molar-refractivity contribution in [3.8, 4) is 17.2 Å². The number of rotatable bonds is 5. The van der Waals surface area contributed by atoms with Gasteiger partial charge in [0.1, 0.15) is 6.04 Å². The summed E-state index contributed by atoms with van der Waals surface area (Å²) in [5.74, 6) is -0.357. The number of nitrogens with zero attached hydrogens (tertiary/aromatic N) is 2. The van der Waals surface area contributed by atoms with Gasteiger partial charge in [-0.3, -0.25) is 0 Å². The molecule has 1 heterocycles. The lowest BCUT2D eigenvalue weighted by molar-refractivity contribution is 0.0557. The number of aliphatic hydroxyl groups is 1. The van der Waals surface area contributed by atoms with Crippen LogP contribution in [0.3, 0.4) is 0 Å². The van der Waals surface area contributed by atoms with E-state index in [9.17, 15) is 18.8 Å². The van der Waals surface area contributed by atoms with Crippen LogP contribution in [-0.4, -0.2) is 36.5 Å². The molecule has 5 nitrogen and oxygen atoms in total. The number of aliphatic hydroxyl groups excluding tert-OH is 1. The van der Waals surface area contributed by atoms with E-state index in [1.54, 1.807) is 24.3 Å². The second-order valence-corrected chi connectivity index (χ2v) is 8.83. The second kappa shape index (κ2) is 7.80. The molecule has 6 heteroatoms. The largest absolute Gasteiger partial charge is 0.395 e. The fourth-order valence-corrected chi connectivity index (χ4v) is 5.70. The highest BCUT2D eigenvalue weighted by atomic mass is 32.2. The predicted octanol–water partition coefficient (Wildman–Crippen LogP) is 3.39. The Balaban J connectivity index is 1.65. The van der Waals surface area contributed by atoms with Crippen LogP contribution in [-0.2, 0) is 10.0 Å². The van der Waals surface area contributed by atoms with Crippen molar-refractivity contribution in [2.45, 2.75) is 22.9 Å². The molecule has 146 valence electrons. The first-order valence-corrected chi connectivity index (χ1v) is 10.8. The highest BCUT2D eigenvalue weighted by molar-refractivity contribution is 7.89. The van der Waals surface area contributed by atoms with E-state index < -0.39 is 22.1 Å². The van der Waals surface area contributed by atoms with Crippen molar-refractivity contribution >= 4 is 10.0 Å². The van der Waals surface area contributed by atoms with Crippen molar-refractivity contribution in [2.75, 3.05) is 6.61 Å². The number of nitriles is 1. The van der Waals surface area contributed by atoms with E-state index in [0.717, 1.165) is 21.0 Å². The molecule has 3 atom stereocenters. The van der Waals surface area contributed by atoms with Crippen LogP contribution in [0.2, 0.25) is 0 Å². The molecule has 0 unspecified atom stereocenters. The lowest BCUT2D eigenvalue weighted by atomic mass is 9.78. The highest BCUT2D eigenvalue weighted by Gasteiger charge is 2.55. The molecule has 4 rings (SSSR count). The summed E-state index contributed by atoms with van der Waals surface area (Å²) >= 11 is 0. The zero-order valence-corrected chi connectivity index (χ0v) is 16.4. The first-order chi connectivity index (χ1) is 14.1. The molecule has 1 N–H and O–H groups in total. The average Bonchev–Trinajstić information content (AvgIpc) is 2.75. The quantitative estimate of drug-likeness (QED) is 0.707. The van der Waals surface area contributed by atoms with Crippen molar-refractivity contribution < 1.29 is 13.5 Å². The Morgan fingerprint density at radius 2 is 1.41 bits per heavy atom. The molecule has 3 aromatic carbocycles. The van der Waals surface area contributed by atoms with Crippen molar-refractivity contribution in [3.63, 3.8) is 0 Å². The monoisotopic (exact) mass is 404 g/mol. The summed E-state index contributed by atoms with van der Waals surface area (Å²) in [5, 5.41) is 19.6. The Bertz CT molecular complexity index is 1120. The number of benzene rings is 3. The van der Waals surface area contributed by atoms with Gasteiger partial charge in [-0.15, -0.1) is 0 Å². The smallest absolute Gasteiger partial charge is 0.244 e. The van der Waals surface area contributed by atoms with Crippen LogP contribution in [0.15, 0.2) is 89.8 Å². The summed E-state index contributed by atoms with van der Waals surface area (Å²) in [5.41, 5.74) is 2.75. The minimum Gasteiger partial charge on any atom is -0.395 e. The van der Waals surface area contributed by atoms with Gasteiger partial charge in [0.05, 0.1) is 23.6 Å². The minimum absolute atomic E-state index is 0.113. The molecular weight excluding hydrogens is 384 g/mol. The third-order valence-corrected chi connectivity index (χ3v) is 7.32. The topological polar surface area (TPSA) is 81.4 Å². The average molecular weight is 404 g/mol. The number of sulfonamides is 1. The molecule has 1 fully saturated rings. The van der Waals surface area contributed by atoms with Gasteiger partial charge < -0.3 is 5.11 Å². The maximum absolute atomic E-state index is 13.2. The summed E-state index contributed by atoms with van der Waals surface area (Å²) < 4.78 is 27.6. The van der Waals surface area contributed by atoms with Crippen molar-refractivity contribution in [2.24, 2.45) is 0 Å². The maximum atomic E-state index is 13.2. The summed E-state index contributed by atoms with van der Waals surface area (Å²) in [4.78, 5) is 0.113. The summed E-state index contributed by atoms with van der Waals surface area (Å²) in [6, 6.07) is 26.2. The Kier molecular flexibility index (Phi) is 5.20. The summed E-state index contributed by atoms with van der Waals surface area (Å²) in [7, 11) is -3.91. The molecule has 0 amide bonds. The molecule has 0 aliphatic carbocycles. The van der Waals surface area contributed by atoms with E-state index >= 15 is 0 Å². The Hall–Kier alpha value is -2.98. The Labute approximate surface area is 170 Å². The van der Waals surface area contributed by atoms with Gasteiger partial charge in [-0.2, -0.15) is 9.57 Å². The molecular formula is C23H20N2O3S. The van der Waals surface area contributed by atoms with Crippen LogP contribution >= 0.6 is 0 Å². The van der Waals surface area contributed by atoms with Gasteiger partial charge >= 0.3 is 0 Å². The van der Waals surface area contributed by atoms with Gasteiger partial charge in [-0.05, 0) is 28.8 Å². The van der Waals surface area contributed by atoms with Gasteiger partial charge in [-0.25, -0.2) is 8.42 Å². The minimum atomic E-state index is -3.91. The zero-order valence-electron chi connectivity index (χ0n) is 15.6. The van der Waals surface area contributed by atoms with E-state index in [0.29, 0.717) is 0 Å². The predicted molar refractivity (Wildman–Crippen MR) is 110 cm³/mol. The van der Waals surface area contributed by atoms with Crippen molar-refractivity contribution in [1.29, 1.82) is 5.26 Å². The SMILES string of the molecule is N#C[C@H]1[C@@H](c2ccccc2)[C@@H](CO)N1S(=O)(=O)c1ccc(-c2ccccc2)cc1. The fraction of sp³-hybridized carbons (Fsp3) is 0.174. The van der Waals surface area contributed by atoms with Crippen LogP contribution in [0.4, 0.5) is 0 Å². The van der Waals surface area contributed by atoms with Gasteiger partial charge in [0, 0.05) is 5.92 Å². The van der Waals surface area contributed by atoms with E-state index in [2.05, 4.69) is 6.07 Å². The molecule has 0 spiro atoms. The molecule has 1 saturated heterocycles. The molecule has 0 radical (unpaired) electrons. The first kappa shape index (κ1) is 19.3. The molecule has 1 aliphatic heterocycles. The van der Waals surface area contributed by atoms with Gasteiger partial charge in [0.15, 0.2) is 0 Å². The second-order valence-electron chi connectivity index (χ2n) is 6.99. The zero-order chi connectivity index (χ0) is 20.4. The standard InChI is InChI=1S/C23H20N2O3S/c24-15-21-23(19-9-5-2-6-10-19)22(16-26)25(21)29(27,28)20-13-11-18(12-14-20)17-7-3-1-4-8-17/h1-14,21-23,26H,16H2/t21-,22+,23+/m0/s1. The highest BCUT2D eigenvalue weighted by Crippen LogP contribution is 2.43. The number of hydrogen-bond acceptors (Lipinski definition) is 4. The lowest BCUT2D eigenvalue weighted by Gasteiger charge is -2.50. The molecule has 0 aromatic heterocycles. The summed E-state index contributed by atoms with van der Waals surface area (Å²) in [6.45, 7) is -0.348. The Morgan fingerprint density at radius 1 is 0.862 bits per heavy atom. The molecule has 1 aliphatic rings. The third kappa shape index (κ3) is 3.34. The van der Waals surface area contributed by atoms with Crippen LogP contribution in [0.25, 0.3) is 11.1 Å². The van der Waals surface area contributed by atoms with Crippen LogP contribution < -0.4 is 0 Å². The molecule has 0 bridgehead atoms. The van der Waals surface area contributed by atoms with E-state index in [4.69, 9.17) is 0 Å². The maximum Gasteiger partial charge on any atom is 0.244 e. The molecule has 3 aromatic rings. The van der Waals surface area contributed by atoms with E-state index in [1.807, 2.05) is 60.7 Å². The third-order valence-electron chi connectivity index (χ3n) is 5.40. The van der Waals surface area contributed by atoms with Gasteiger partial charge in [0.2, 0.25) is 10.0 Å². The normalized spacial score (nSPS) is 21.9. The van der Waals surface area contributed by atoms with Gasteiger partial charge in [-0.1, -0.05) is 72.8 Å². The van der Waals surface area contributed by atoms with Gasteiger partial charge in [0.25, 0.3) is 0 Å². The van der Waals surface area contributed by atoms with Crippen LogP contribution in [0.1, 0.15) is 11.5 Å². The molecule has 0 saturated carbocycles. The lowest BCUT2D eigenvalue weighted by Crippen LogP contribution is -2.64. The summed E-state index contributed by atoms with van der Waals surface area (Å²) in [6.07, 6.45) is 0. The fourth-order valence-electron chi connectivity index (χ4n) is 3.94. The number of hydrogen-bond donors (Lipinski definition) is 1.